The molecular formula is C18H13BrN2O2S. The zero-order chi connectivity index (χ0) is 17.1. The number of rotatable bonds is 4. The molecular weight excluding hydrogens is 388 g/mol. The first-order valence-corrected chi connectivity index (χ1v) is 8.66. The van der Waals surface area contributed by atoms with Gasteiger partial charge in [-0.1, -0.05) is 12.1 Å². The maximum atomic E-state index is 9.54. The van der Waals surface area contributed by atoms with Crippen LogP contribution in [0, 0.1) is 11.3 Å². The highest BCUT2D eigenvalue weighted by Gasteiger charge is 2.12. The number of nitriles is 1. The molecule has 0 radical (unpaired) electrons. The van der Waals surface area contributed by atoms with Crippen LogP contribution in [0.3, 0.4) is 0 Å². The lowest BCUT2D eigenvalue weighted by Gasteiger charge is -2.10. The summed E-state index contributed by atoms with van der Waals surface area (Å²) in [5.74, 6) is 1.22. The molecule has 0 aliphatic rings. The molecule has 0 saturated heterocycles. The summed E-state index contributed by atoms with van der Waals surface area (Å²) in [7, 11) is 3.16. The van der Waals surface area contributed by atoms with Gasteiger partial charge in [-0.3, -0.25) is 0 Å². The highest BCUT2D eigenvalue weighted by Crippen LogP contribution is 2.37. The van der Waals surface area contributed by atoms with E-state index in [9.17, 15) is 5.26 Å². The minimum absolute atomic E-state index is 0.510. The van der Waals surface area contributed by atoms with Crippen molar-refractivity contribution in [1.82, 2.24) is 4.98 Å². The number of nitrogens with zero attached hydrogens (tertiary/aromatic N) is 2. The summed E-state index contributed by atoms with van der Waals surface area (Å²) in [5.41, 5.74) is 2.23. The third-order valence-electron chi connectivity index (χ3n) is 3.41. The van der Waals surface area contributed by atoms with Crippen LogP contribution < -0.4 is 9.47 Å². The van der Waals surface area contributed by atoms with E-state index in [4.69, 9.17) is 9.47 Å². The van der Waals surface area contributed by atoms with Crippen LogP contribution in [0.4, 0.5) is 0 Å². The van der Waals surface area contributed by atoms with Crippen LogP contribution in [0.1, 0.15) is 10.6 Å². The Morgan fingerprint density at radius 1 is 1.25 bits per heavy atom. The molecule has 120 valence electrons. The van der Waals surface area contributed by atoms with Crippen molar-refractivity contribution in [3.8, 4) is 17.6 Å². The van der Waals surface area contributed by atoms with Crippen LogP contribution in [-0.2, 0) is 0 Å². The first-order chi connectivity index (χ1) is 11.7. The van der Waals surface area contributed by atoms with Crippen molar-refractivity contribution in [2.24, 2.45) is 0 Å². The number of fused-ring (bicyclic) bond motifs is 1. The number of halogens is 1. The lowest BCUT2D eigenvalue weighted by molar-refractivity contribution is 0.353. The molecule has 0 bridgehead atoms. The molecule has 0 atom stereocenters. The molecule has 2 aromatic carbocycles. The molecule has 4 nitrogen and oxygen atoms in total. The molecule has 3 rings (SSSR count). The summed E-state index contributed by atoms with van der Waals surface area (Å²) in [6, 6.07) is 13.8. The molecule has 24 heavy (non-hydrogen) atoms. The van der Waals surface area contributed by atoms with Crippen LogP contribution >= 0.6 is 27.3 Å². The Balaban J connectivity index is 2.08. The van der Waals surface area contributed by atoms with Gasteiger partial charge in [-0.2, -0.15) is 5.26 Å². The van der Waals surface area contributed by atoms with Crippen molar-refractivity contribution in [2.45, 2.75) is 0 Å². The average Bonchev–Trinajstić information content (AvgIpc) is 3.02. The van der Waals surface area contributed by atoms with E-state index in [0.29, 0.717) is 22.1 Å². The van der Waals surface area contributed by atoms with E-state index in [-0.39, 0.29) is 0 Å². The van der Waals surface area contributed by atoms with Gasteiger partial charge in [0.15, 0.2) is 11.5 Å². The van der Waals surface area contributed by atoms with E-state index in [1.54, 1.807) is 20.3 Å². The lowest BCUT2D eigenvalue weighted by atomic mass is 10.1. The van der Waals surface area contributed by atoms with E-state index in [1.807, 2.05) is 36.4 Å². The van der Waals surface area contributed by atoms with E-state index in [2.05, 4.69) is 27.0 Å². The summed E-state index contributed by atoms with van der Waals surface area (Å²) < 4.78 is 12.5. The largest absolute Gasteiger partial charge is 0.493 e. The fourth-order valence-corrected chi connectivity index (χ4v) is 3.87. The number of hydrogen-bond donors (Lipinski definition) is 0. The van der Waals surface area contributed by atoms with Gasteiger partial charge in [0.2, 0.25) is 0 Å². The van der Waals surface area contributed by atoms with Crippen molar-refractivity contribution in [3.63, 3.8) is 0 Å². The first kappa shape index (κ1) is 16.5. The van der Waals surface area contributed by atoms with Crippen LogP contribution in [0.25, 0.3) is 21.9 Å². The van der Waals surface area contributed by atoms with Gasteiger partial charge in [0.25, 0.3) is 0 Å². The number of benzene rings is 2. The minimum Gasteiger partial charge on any atom is -0.493 e. The maximum absolute atomic E-state index is 9.54. The van der Waals surface area contributed by atoms with E-state index in [1.165, 1.54) is 11.3 Å². The fraction of sp³-hybridized carbons (Fsp3) is 0.111. The summed E-state index contributed by atoms with van der Waals surface area (Å²) >= 11 is 4.97. The van der Waals surface area contributed by atoms with Crippen molar-refractivity contribution in [2.75, 3.05) is 14.2 Å². The molecule has 0 amide bonds. The Morgan fingerprint density at radius 3 is 2.71 bits per heavy atom. The van der Waals surface area contributed by atoms with Gasteiger partial charge in [-0.15, -0.1) is 11.3 Å². The Hall–Kier alpha value is -2.36. The normalized spacial score (nSPS) is 11.3. The molecule has 6 heteroatoms. The molecule has 1 aromatic heterocycles. The third-order valence-corrected chi connectivity index (χ3v) is 5.07. The molecule has 0 aliphatic heterocycles. The Kier molecular flexibility index (Phi) is 4.84. The maximum Gasteiger partial charge on any atom is 0.174 e. The second-order valence-electron chi connectivity index (χ2n) is 4.89. The van der Waals surface area contributed by atoms with Gasteiger partial charge in [0.05, 0.1) is 34.5 Å². The summed E-state index contributed by atoms with van der Waals surface area (Å²) in [6.07, 6.45) is 1.80. The number of ether oxygens (including phenoxy) is 2. The number of thiazole rings is 1. The van der Waals surface area contributed by atoms with Crippen LogP contribution in [0.15, 0.2) is 40.9 Å². The standard InChI is InChI=1S/C18H13BrN2O2S/c1-22-15-9-11(8-13(19)17(15)23-2)7-12(10-20)18-21-14-5-3-4-6-16(14)24-18/h3-9H,1-2H3/b12-7-. The van der Waals surface area contributed by atoms with Crippen molar-refractivity contribution in [3.05, 3.63) is 51.4 Å². The highest BCUT2D eigenvalue weighted by molar-refractivity contribution is 9.10. The van der Waals surface area contributed by atoms with Gasteiger partial charge >= 0.3 is 0 Å². The van der Waals surface area contributed by atoms with E-state index >= 15 is 0 Å². The first-order valence-electron chi connectivity index (χ1n) is 7.05. The second kappa shape index (κ2) is 7.04. The van der Waals surface area contributed by atoms with Crippen LogP contribution in [0.5, 0.6) is 11.5 Å². The summed E-state index contributed by atoms with van der Waals surface area (Å²) in [4.78, 5) is 4.54. The molecule has 0 saturated carbocycles. The molecule has 0 fully saturated rings. The molecule has 0 unspecified atom stereocenters. The lowest BCUT2D eigenvalue weighted by Crippen LogP contribution is -1.92. The van der Waals surface area contributed by atoms with Crippen molar-refractivity contribution >= 4 is 49.1 Å². The molecule has 0 aliphatic carbocycles. The number of para-hydroxylation sites is 1. The number of methoxy groups -OCH3 is 2. The van der Waals surface area contributed by atoms with Crippen LogP contribution in [0.2, 0.25) is 0 Å². The molecule has 0 spiro atoms. The Morgan fingerprint density at radius 2 is 2.04 bits per heavy atom. The zero-order valence-corrected chi connectivity index (χ0v) is 15.4. The predicted octanol–water partition coefficient (Wildman–Crippen LogP) is 5.14. The number of hydrogen-bond acceptors (Lipinski definition) is 5. The smallest absolute Gasteiger partial charge is 0.174 e. The minimum atomic E-state index is 0.510. The number of aromatic nitrogens is 1. The molecule has 0 N–H and O–H groups in total. The van der Waals surface area contributed by atoms with Crippen molar-refractivity contribution in [1.29, 1.82) is 5.26 Å². The van der Waals surface area contributed by atoms with Crippen LogP contribution in [-0.4, -0.2) is 19.2 Å². The van der Waals surface area contributed by atoms with E-state index < -0.39 is 0 Å². The average molecular weight is 401 g/mol. The van der Waals surface area contributed by atoms with Gasteiger partial charge < -0.3 is 9.47 Å². The fourth-order valence-electron chi connectivity index (χ4n) is 2.32. The SMILES string of the molecule is COc1cc(/C=C(/C#N)c2nc3ccccc3s2)cc(Br)c1OC. The molecule has 3 aromatic rings. The van der Waals surface area contributed by atoms with Gasteiger partial charge in [0, 0.05) is 0 Å². The van der Waals surface area contributed by atoms with Gasteiger partial charge in [-0.05, 0) is 51.8 Å². The summed E-state index contributed by atoms with van der Waals surface area (Å²) in [5, 5.41) is 10.2. The Labute approximate surface area is 152 Å². The predicted molar refractivity (Wildman–Crippen MR) is 100 cm³/mol. The molecule has 1 heterocycles. The van der Waals surface area contributed by atoms with Gasteiger partial charge in [0.1, 0.15) is 11.1 Å². The summed E-state index contributed by atoms with van der Waals surface area (Å²) in [6.45, 7) is 0. The zero-order valence-electron chi connectivity index (χ0n) is 13.0. The quantitative estimate of drug-likeness (QED) is 0.568. The topological polar surface area (TPSA) is 55.1 Å². The van der Waals surface area contributed by atoms with Gasteiger partial charge in [-0.25, -0.2) is 4.98 Å². The second-order valence-corrected chi connectivity index (χ2v) is 6.78. The van der Waals surface area contributed by atoms with Crippen molar-refractivity contribution < 1.29 is 9.47 Å². The monoisotopic (exact) mass is 400 g/mol. The Bertz CT molecular complexity index is 940. The third kappa shape index (κ3) is 3.14. The highest BCUT2D eigenvalue weighted by atomic mass is 79.9. The van der Waals surface area contributed by atoms with E-state index in [0.717, 1.165) is 20.3 Å². The number of allylic oxidation sites excluding steroid dienone is 1.